The predicted molar refractivity (Wildman–Crippen MR) is 66.4 cm³/mol. The molecular weight excluding hydrogens is 234 g/mol. The van der Waals surface area contributed by atoms with Crippen LogP contribution in [0.2, 0.25) is 0 Å². The lowest BCUT2D eigenvalue weighted by Gasteiger charge is -2.28. The van der Waals surface area contributed by atoms with E-state index in [0.29, 0.717) is 6.54 Å². The number of hydrogen-bond donors (Lipinski definition) is 3. The van der Waals surface area contributed by atoms with Crippen LogP contribution in [0.15, 0.2) is 17.2 Å². The van der Waals surface area contributed by atoms with Crippen LogP contribution in [0.1, 0.15) is 25.7 Å². The Bertz CT molecular complexity index is 472. The summed E-state index contributed by atoms with van der Waals surface area (Å²) in [5.74, 6) is -0.727. The van der Waals surface area contributed by atoms with Crippen LogP contribution in [0.5, 0.6) is 0 Å². The molecule has 98 valence electrons. The minimum atomic E-state index is -0.739. The first-order valence-electron chi connectivity index (χ1n) is 6.19. The van der Waals surface area contributed by atoms with Crippen molar-refractivity contribution in [3.05, 3.63) is 22.7 Å². The van der Waals surface area contributed by atoms with Crippen molar-refractivity contribution in [2.75, 3.05) is 11.9 Å². The number of carboxylic acids is 1. The number of H-pyrrole nitrogens is 1. The van der Waals surface area contributed by atoms with Gasteiger partial charge in [0.1, 0.15) is 0 Å². The molecular formula is C12H17N3O3. The minimum absolute atomic E-state index is 0.0673. The van der Waals surface area contributed by atoms with Gasteiger partial charge < -0.3 is 15.4 Å². The average molecular weight is 251 g/mol. The smallest absolute Gasteiger partial charge is 0.306 e. The molecule has 0 bridgehead atoms. The van der Waals surface area contributed by atoms with Crippen molar-refractivity contribution in [3.8, 4) is 0 Å². The Morgan fingerprint density at radius 3 is 3.00 bits per heavy atom. The number of aliphatic carboxylic acids is 1. The number of rotatable bonds is 4. The van der Waals surface area contributed by atoms with Crippen LogP contribution in [-0.4, -0.2) is 27.6 Å². The second kappa shape index (κ2) is 5.66. The topological polar surface area (TPSA) is 95.1 Å². The number of nitrogens with zero attached hydrogens (tertiary/aromatic N) is 1. The number of carboxylic acid groups (broad SMARTS) is 1. The van der Waals surface area contributed by atoms with E-state index in [0.717, 1.165) is 25.7 Å². The van der Waals surface area contributed by atoms with Crippen molar-refractivity contribution in [2.24, 2.45) is 11.8 Å². The third-order valence-electron chi connectivity index (χ3n) is 3.47. The Kier molecular flexibility index (Phi) is 3.96. The van der Waals surface area contributed by atoms with Gasteiger partial charge in [-0.2, -0.15) is 0 Å². The predicted octanol–water partition coefficient (Wildman–Crippen LogP) is 1.07. The van der Waals surface area contributed by atoms with Crippen LogP contribution in [0.4, 0.5) is 5.82 Å². The highest BCUT2D eigenvalue weighted by Crippen LogP contribution is 2.30. The molecule has 1 heterocycles. The molecule has 1 aliphatic carbocycles. The molecule has 3 N–H and O–H groups in total. The first-order valence-corrected chi connectivity index (χ1v) is 6.19. The van der Waals surface area contributed by atoms with Crippen molar-refractivity contribution < 1.29 is 9.90 Å². The lowest BCUT2D eigenvalue weighted by Crippen LogP contribution is -2.32. The molecule has 0 aliphatic heterocycles. The molecule has 1 aromatic heterocycles. The van der Waals surface area contributed by atoms with Gasteiger partial charge in [0.15, 0.2) is 5.82 Å². The van der Waals surface area contributed by atoms with Crippen molar-refractivity contribution in [1.82, 2.24) is 9.97 Å². The van der Waals surface area contributed by atoms with E-state index in [1.807, 2.05) is 0 Å². The van der Waals surface area contributed by atoms with Gasteiger partial charge in [-0.3, -0.25) is 9.59 Å². The Hall–Kier alpha value is -1.85. The maximum absolute atomic E-state index is 11.4. The molecule has 2 atom stereocenters. The van der Waals surface area contributed by atoms with Crippen LogP contribution in [0.25, 0.3) is 0 Å². The molecule has 1 fully saturated rings. The SMILES string of the molecule is O=C(O)C1CCCCC1CNc1ncc[nH]c1=O. The molecule has 1 aliphatic rings. The zero-order valence-corrected chi connectivity index (χ0v) is 10.1. The molecule has 0 radical (unpaired) electrons. The molecule has 1 saturated carbocycles. The summed E-state index contributed by atoms with van der Waals surface area (Å²) in [6.07, 6.45) is 6.59. The summed E-state index contributed by atoms with van der Waals surface area (Å²) in [4.78, 5) is 29.0. The van der Waals surface area contributed by atoms with Gasteiger partial charge in [-0.25, -0.2) is 4.98 Å². The van der Waals surface area contributed by atoms with Gasteiger partial charge in [-0.15, -0.1) is 0 Å². The molecule has 2 unspecified atom stereocenters. The van der Waals surface area contributed by atoms with Crippen molar-refractivity contribution in [1.29, 1.82) is 0 Å². The Balaban J connectivity index is 1.98. The molecule has 6 nitrogen and oxygen atoms in total. The summed E-state index contributed by atoms with van der Waals surface area (Å²) in [6, 6.07) is 0. The highest BCUT2D eigenvalue weighted by Gasteiger charge is 2.30. The van der Waals surface area contributed by atoms with E-state index in [1.165, 1.54) is 12.4 Å². The Morgan fingerprint density at radius 2 is 2.28 bits per heavy atom. The quantitative estimate of drug-likeness (QED) is 0.744. The van der Waals surface area contributed by atoms with Gasteiger partial charge in [0.25, 0.3) is 5.56 Å². The maximum atomic E-state index is 11.4. The van der Waals surface area contributed by atoms with Crippen molar-refractivity contribution in [2.45, 2.75) is 25.7 Å². The Labute approximate surface area is 104 Å². The third-order valence-corrected chi connectivity index (χ3v) is 3.47. The summed E-state index contributed by atoms with van der Waals surface area (Å²) in [6.45, 7) is 0.483. The standard InChI is InChI=1S/C12H17N3O3/c16-11-10(13-5-6-14-11)15-7-8-3-1-2-4-9(8)12(17)18/h5-6,8-9H,1-4,7H2,(H,13,15)(H,14,16)(H,17,18). The van der Waals surface area contributed by atoms with Crippen LogP contribution in [-0.2, 0) is 4.79 Å². The second-order valence-electron chi connectivity index (χ2n) is 4.64. The van der Waals surface area contributed by atoms with Crippen LogP contribution in [0.3, 0.4) is 0 Å². The fourth-order valence-electron chi connectivity index (χ4n) is 2.48. The fourth-order valence-corrected chi connectivity index (χ4v) is 2.48. The number of carbonyl (C=O) groups is 1. The van der Waals surface area contributed by atoms with Gasteiger partial charge in [0, 0.05) is 18.9 Å². The molecule has 0 spiro atoms. The van der Waals surface area contributed by atoms with Crippen molar-refractivity contribution >= 4 is 11.8 Å². The lowest BCUT2D eigenvalue weighted by atomic mass is 9.79. The molecule has 0 aromatic carbocycles. The van der Waals surface area contributed by atoms with Crippen LogP contribution >= 0.6 is 0 Å². The number of hydrogen-bond acceptors (Lipinski definition) is 4. The highest BCUT2D eigenvalue weighted by molar-refractivity contribution is 5.70. The van der Waals surface area contributed by atoms with Crippen LogP contribution in [0, 0.1) is 11.8 Å². The highest BCUT2D eigenvalue weighted by atomic mass is 16.4. The number of aromatic amines is 1. The van der Waals surface area contributed by atoms with Gasteiger partial charge in [-0.05, 0) is 18.8 Å². The van der Waals surface area contributed by atoms with E-state index in [1.54, 1.807) is 0 Å². The van der Waals surface area contributed by atoms with Crippen LogP contribution < -0.4 is 10.9 Å². The monoisotopic (exact) mass is 251 g/mol. The number of aromatic nitrogens is 2. The molecule has 1 aromatic rings. The summed E-state index contributed by atoms with van der Waals surface area (Å²) in [5.41, 5.74) is -0.278. The zero-order valence-electron chi connectivity index (χ0n) is 10.1. The number of nitrogens with one attached hydrogen (secondary N) is 2. The lowest BCUT2D eigenvalue weighted by molar-refractivity contribution is -0.144. The average Bonchev–Trinajstić information content (AvgIpc) is 2.38. The largest absolute Gasteiger partial charge is 0.481 e. The summed E-state index contributed by atoms with van der Waals surface area (Å²) in [5, 5.41) is 12.1. The van der Waals surface area contributed by atoms with Gasteiger partial charge in [0.05, 0.1) is 5.92 Å². The maximum Gasteiger partial charge on any atom is 0.306 e. The fraction of sp³-hybridized carbons (Fsp3) is 0.583. The van der Waals surface area contributed by atoms with E-state index < -0.39 is 5.97 Å². The molecule has 0 saturated heterocycles. The van der Waals surface area contributed by atoms with Crippen molar-refractivity contribution in [3.63, 3.8) is 0 Å². The zero-order chi connectivity index (χ0) is 13.0. The molecule has 0 amide bonds. The normalized spacial score (nSPS) is 23.6. The second-order valence-corrected chi connectivity index (χ2v) is 4.64. The summed E-state index contributed by atoms with van der Waals surface area (Å²) < 4.78 is 0. The van der Waals surface area contributed by atoms with E-state index in [-0.39, 0.29) is 23.2 Å². The Morgan fingerprint density at radius 1 is 1.50 bits per heavy atom. The summed E-state index contributed by atoms with van der Waals surface area (Å²) >= 11 is 0. The van der Waals surface area contributed by atoms with Gasteiger partial charge >= 0.3 is 5.97 Å². The first-order chi connectivity index (χ1) is 8.68. The first kappa shape index (κ1) is 12.6. The van der Waals surface area contributed by atoms with Gasteiger partial charge in [0.2, 0.25) is 0 Å². The number of anilines is 1. The van der Waals surface area contributed by atoms with Gasteiger partial charge in [-0.1, -0.05) is 12.8 Å². The summed E-state index contributed by atoms with van der Waals surface area (Å²) in [7, 11) is 0. The molecule has 2 rings (SSSR count). The van der Waals surface area contributed by atoms with E-state index >= 15 is 0 Å². The minimum Gasteiger partial charge on any atom is -0.481 e. The van der Waals surface area contributed by atoms with E-state index in [2.05, 4.69) is 15.3 Å². The van der Waals surface area contributed by atoms with E-state index in [9.17, 15) is 9.59 Å². The third kappa shape index (κ3) is 2.88. The molecule has 18 heavy (non-hydrogen) atoms. The molecule has 6 heteroatoms. The van der Waals surface area contributed by atoms with E-state index in [4.69, 9.17) is 5.11 Å².